The van der Waals surface area contributed by atoms with Crippen molar-refractivity contribution in [3.63, 3.8) is 0 Å². The standard InChI is InChI=1S/C11H22N2O3.C2H6.ClH/c1-4-9(10(12)14)7-8(2)11(15)16-6-5-13-3;1-2;/h8-9,13H,4-7H2,1-3H3,(H2,12,14);1-2H3;1H/t8?,9-;;/m1../s1. The van der Waals surface area contributed by atoms with E-state index < -0.39 is 0 Å². The van der Waals surface area contributed by atoms with Crippen LogP contribution in [0.4, 0.5) is 0 Å². The van der Waals surface area contributed by atoms with Crippen molar-refractivity contribution in [1.29, 1.82) is 0 Å². The van der Waals surface area contributed by atoms with Gasteiger partial charge in [-0.3, -0.25) is 9.59 Å². The van der Waals surface area contributed by atoms with Crippen LogP contribution in [0.15, 0.2) is 0 Å². The molecule has 0 spiro atoms. The fourth-order valence-corrected chi connectivity index (χ4v) is 1.43. The Bertz CT molecular complexity index is 238. The van der Waals surface area contributed by atoms with Gasteiger partial charge in [-0.25, -0.2) is 0 Å². The van der Waals surface area contributed by atoms with Gasteiger partial charge in [0.15, 0.2) is 0 Å². The van der Waals surface area contributed by atoms with Crippen LogP contribution in [0.5, 0.6) is 0 Å². The number of hydrogen-bond donors (Lipinski definition) is 2. The highest BCUT2D eigenvalue weighted by Crippen LogP contribution is 2.16. The van der Waals surface area contributed by atoms with Crippen molar-refractivity contribution in [1.82, 2.24) is 0 Å². The molecular formula is C13H29ClN2O3. The Morgan fingerprint density at radius 2 is 1.84 bits per heavy atom. The zero-order chi connectivity index (χ0) is 14.6. The molecule has 19 heavy (non-hydrogen) atoms. The number of halogens is 1. The summed E-state index contributed by atoms with van der Waals surface area (Å²) in [5, 5.41) is 1.94. The van der Waals surface area contributed by atoms with Gasteiger partial charge < -0.3 is 28.2 Å². The average molecular weight is 297 g/mol. The number of carbonyl (C=O) groups excluding carboxylic acids is 2. The van der Waals surface area contributed by atoms with Crippen molar-refractivity contribution in [2.75, 3.05) is 20.2 Å². The molecule has 0 saturated heterocycles. The maximum absolute atomic E-state index is 11.5. The molecule has 0 radical (unpaired) electrons. The zero-order valence-electron chi connectivity index (χ0n) is 12.7. The third-order valence-corrected chi connectivity index (χ3v) is 2.59. The molecule has 0 aromatic heterocycles. The predicted octanol–water partition coefficient (Wildman–Crippen LogP) is -2.71. The summed E-state index contributed by atoms with van der Waals surface area (Å²) in [4.78, 5) is 22.5. The van der Waals surface area contributed by atoms with Crippen LogP contribution in [0.1, 0.15) is 40.5 Å². The fourth-order valence-electron chi connectivity index (χ4n) is 1.43. The summed E-state index contributed by atoms with van der Waals surface area (Å²) in [7, 11) is 1.91. The lowest BCUT2D eigenvalue weighted by molar-refractivity contribution is -0.628. The van der Waals surface area contributed by atoms with E-state index in [1.54, 1.807) is 6.92 Å². The van der Waals surface area contributed by atoms with Gasteiger partial charge in [-0.2, -0.15) is 0 Å². The molecule has 5 nitrogen and oxygen atoms in total. The second kappa shape index (κ2) is 15.2. The zero-order valence-corrected chi connectivity index (χ0v) is 13.5. The number of nitrogens with two attached hydrogens (primary N) is 2. The van der Waals surface area contributed by atoms with Crippen molar-refractivity contribution in [3.05, 3.63) is 0 Å². The summed E-state index contributed by atoms with van der Waals surface area (Å²) in [5.41, 5.74) is 5.22. The maximum atomic E-state index is 11.5. The normalized spacial score (nSPS) is 12.3. The first-order valence-corrected chi connectivity index (χ1v) is 6.76. The van der Waals surface area contributed by atoms with Gasteiger partial charge in [0, 0.05) is 5.92 Å². The maximum Gasteiger partial charge on any atom is 0.308 e. The van der Waals surface area contributed by atoms with E-state index in [2.05, 4.69) is 0 Å². The quantitative estimate of drug-likeness (QED) is 0.377. The van der Waals surface area contributed by atoms with Gasteiger partial charge in [0.05, 0.1) is 13.0 Å². The van der Waals surface area contributed by atoms with E-state index in [0.717, 1.165) is 6.54 Å². The fraction of sp³-hybridized carbons (Fsp3) is 0.846. The largest absolute Gasteiger partial charge is 1.00 e. The lowest BCUT2D eigenvalue weighted by Gasteiger charge is -2.15. The number of esters is 1. The first-order valence-electron chi connectivity index (χ1n) is 6.76. The molecule has 0 aromatic carbocycles. The Hall–Kier alpha value is -0.810. The Labute approximate surface area is 123 Å². The SMILES string of the molecule is CC.CC[C@H](CC(C)C(=O)OCC[NH2+]C)C(N)=O.[Cl-]. The number of hydrogen-bond acceptors (Lipinski definition) is 3. The summed E-state index contributed by atoms with van der Waals surface area (Å²) < 4.78 is 5.05. The van der Waals surface area contributed by atoms with Crippen molar-refractivity contribution >= 4 is 11.9 Å². The number of likely N-dealkylation sites (N-methyl/N-ethyl adjacent to an activating group) is 1. The van der Waals surface area contributed by atoms with E-state index in [4.69, 9.17) is 10.5 Å². The smallest absolute Gasteiger partial charge is 0.308 e. The minimum Gasteiger partial charge on any atom is -1.00 e. The molecule has 0 aromatic rings. The number of carbonyl (C=O) groups is 2. The van der Waals surface area contributed by atoms with E-state index in [0.29, 0.717) is 19.4 Å². The molecule has 1 unspecified atom stereocenters. The second-order valence-corrected chi connectivity index (χ2v) is 4.01. The number of amides is 1. The van der Waals surface area contributed by atoms with Gasteiger partial charge >= 0.3 is 5.97 Å². The Morgan fingerprint density at radius 1 is 1.32 bits per heavy atom. The Balaban J connectivity index is -0.000000809. The number of rotatable bonds is 8. The molecule has 0 rings (SSSR count). The van der Waals surface area contributed by atoms with Crippen molar-refractivity contribution in [2.45, 2.75) is 40.5 Å². The van der Waals surface area contributed by atoms with Crippen LogP contribution >= 0.6 is 0 Å². The lowest BCUT2D eigenvalue weighted by atomic mass is 9.93. The van der Waals surface area contributed by atoms with Gasteiger partial charge in [-0.15, -0.1) is 0 Å². The Morgan fingerprint density at radius 3 is 2.21 bits per heavy atom. The predicted molar refractivity (Wildman–Crippen MR) is 71.8 cm³/mol. The first-order chi connectivity index (χ1) is 8.52. The summed E-state index contributed by atoms with van der Waals surface area (Å²) >= 11 is 0. The van der Waals surface area contributed by atoms with Crippen molar-refractivity contribution in [3.8, 4) is 0 Å². The number of ether oxygens (including phenoxy) is 1. The monoisotopic (exact) mass is 296 g/mol. The van der Waals surface area contributed by atoms with Crippen LogP contribution in [0.25, 0.3) is 0 Å². The second-order valence-electron chi connectivity index (χ2n) is 4.01. The van der Waals surface area contributed by atoms with Crippen LogP contribution < -0.4 is 23.5 Å². The van der Waals surface area contributed by atoms with Crippen LogP contribution in [-0.4, -0.2) is 32.1 Å². The number of primary amides is 1. The highest BCUT2D eigenvalue weighted by molar-refractivity contribution is 5.78. The molecule has 0 fully saturated rings. The van der Waals surface area contributed by atoms with Crippen molar-refractivity contribution in [2.24, 2.45) is 17.6 Å². The van der Waals surface area contributed by atoms with Gasteiger partial charge in [-0.05, 0) is 12.8 Å². The molecule has 0 saturated carbocycles. The minimum atomic E-state index is -0.343. The number of quaternary nitrogens is 1. The van der Waals surface area contributed by atoms with Crippen LogP contribution in [0, 0.1) is 11.8 Å². The molecule has 0 bridgehead atoms. The van der Waals surface area contributed by atoms with Crippen LogP contribution in [0.2, 0.25) is 0 Å². The molecule has 0 aliphatic heterocycles. The highest BCUT2D eigenvalue weighted by atomic mass is 35.5. The topological polar surface area (TPSA) is 86.0 Å². The summed E-state index contributed by atoms with van der Waals surface area (Å²) in [6.45, 7) is 8.82. The molecule has 0 heterocycles. The van der Waals surface area contributed by atoms with E-state index >= 15 is 0 Å². The summed E-state index contributed by atoms with van der Waals surface area (Å²) in [5.74, 6) is -1.10. The summed E-state index contributed by atoms with van der Waals surface area (Å²) in [6, 6.07) is 0. The lowest BCUT2D eigenvalue weighted by Crippen LogP contribution is -3.00. The van der Waals surface area contributed by atoms with Gasteiger partial charge in [0.1, 0.15) is 13.2 Å². The molecule has 4 N–H and O–H groups in total. The van der Waals surface area contributed by atoms with Crippen molar-refractivity contribution < 1.29 is 32.0 Å². The average Bonchev–Trinajstić information content (AvgIpc) is 2.37. The van der Waals surface area contributed by atoms with E-state index in [9.17, 15) is 9.59 Å². The molecule has 116 valence electrons. The van der Waals surface area contributed by atoms with Gasteiger partial charge in [0.2, 0.25) is 5.91 Å². The Kier molecular flexibility index (Phi) is 18.7. The van der Waals surface area contributed by atoms with Gasteiger partial charge in [0.25, 0.3) is 0 Å². The molecule has 2 atom stereocenters. The molecule has 6 heteroatoms. The first kappa shape index (κ1) is 23.3. The third-order valence-electron chi connectivity index (χ3n) is 2.59. The van der Waals surface area contributed by atoms with Gasteiger partial charge in [-0.1, -0.05) is 27.7 Å². The van der Waals surface area contributed by atoms with E-state index in [1.807, 2.05) is 33.1 Å². The van der Waals surface area contributed by atoms with Crippen LogP contribution in [0.3, 0.4) is 0 Å². The summed E-state index contributed by atoms with van der Waals surface area (Å²) in [6.07, 6.45) is 1.14. The van der Waals surface area contributed by atoms with E-state index in [-0.39, 0.29) is 36.1 Å². The van der Waals surface area contributed by atoms with E-state index in [1.165, 1.54) is 0 Å². The minimum absolute atomic E-state index is 0. The highest BCUT2D eigenvalue weighted by Gasteiger charge is 2.22. The third kappa shape index (κ3) is 12.0. The molecule has 0 aliphatic carbocycles. The molecular weight excluding hydrogens is 268 g/mol. The van der Waals surface area contributed by atoms with Crippen LogP contribution in [-0.2, 0) is 14.3 Å². The molecule has 1 amide bonds. The molecule has 0 aliphatic rings.